The highest BCUT2D eigenvalue weighted by atomic mass is 35.5. The predicted octanol–water partition coefficient (Wildman–Crippen LogP) is 5.36. The molecule has 1 unspecified atom stereocenters. The number of benzene rings is 1. The maximum absolute atomic E-state index is 13.8. The van der Waals surface area contributed by atoms with Crippen molar-refractivity contribution in [1.82, 2.24) is 5.32 Å². The normalized spacial score (nSPS) is 12.6. The van der Waals surface area contributed by atoms with Gasteiger partial charge in [-0.25, -0.2) is 4.39 Å². The molecule has 0 aromatic heterocycles. The molecule has 1 N–H and O–H groups in total. The van der Waals surface area contributed by atoms with Crippen molar-refractivity contribution in [2.24, 2.45) is 0 Å². The van der Waals surface area contributed by atoms with Gasteiger partial charge in [0, 0.05) is 16.6 Å². The van der Waals surface area contributed by atoms with Gasteiger partial charge < -0.3 is 5.32 Å². The van der Waals surface area contributed by atoms with Crippen LogP contribution in [0.3, 0.4) is 0 Å². The molecule has 0 heterocycles. The summed E-state index contributed by atoms with van der Waals surface area (Å²) in [5.74, 6) is -0.189. The van der Waals surface area contributed by atoms with Gasteiger partial charge in [-0.1, -0.05) is 63.6 Å². The van der Waals surface area contributed by atoms with E-state index in [0.29, 0.717) is 23.0 Å². The maximum Gasteiger partial charge on any atom is 0.127 e. The molecule has 0 aliphatic rings. The fraction of sp³-hybridized carbons (Fsp3) is 0.647. The molecule has 0 amide bonds. The van der Waals surface area contributed by atoms with E-state index in [0.717, 1.165) is 13.0 Å². The number of hydrogen-bond donors (Lipinski definition) is 1. The molecular formula is C17H27ClFN. The molecule has 20 heavy (non-hydrogen) atoms. The predicted molar refractivity (Wildman–Crippen MR) is 86.0 cm³/mol. The quantitative estimate of drug-likeness (QED) is 0.573. The van der Waals surface area contributed by atoms with Crippen LogP contribution < -0.4 is 5.32 Å². The molecule has 0 saturated heterocycles. The summed E-state index contributed by atoms with van der Waals surface area (Å²) >= 11 is 6.11. The van der Waals surface area contributed by atoms with Crippen LogP contribution in [0.25, 0.3) is 0 Å². The zero-order chi connectivity index (χ0) is 14.8. The van der Waals surface area contributed by atoms with Gasteiger partial charge in [-0.15, -0.1) is 0 Å². The van der Waals surface area contributed by atoms with E-state index in [9.17, 15) is 4.39 Å². The van der Waals surface area contributed by atoms with Gasteiger partial charge in [0.1, 0.15) is 5.82 Å². The van der Waals surface area contributed by atoms with Crippen molar-refractivity contribution in [3.63, 3.8) is 0 Å². The zero-order valence-electron chi connectivity index (χ0n) is 12.7. The van der Waals surface area contributed by atoms with Gasteiger partial charge in [-0.3, -0.25) is 0 Å². The summed E-state index contributed by atoms with van der Waals surface area (Å²) < 4.78 is 13.8. The first-order valence-electron chi connectivity index (χ1n) is 7.85. The van der Waals surface area contributed by atoms with Crippen LogP contribution in [-0.2, 0) is 6.42 Å². The Morgan fingerprint density at radius 2 is 1.90 bits per heavy atom. The number of unbranched alkanes of at least 4 members (excludes halogenated alkanes) is 4. The van der Waals surface area contributed by atoms with Crippen molar-refractivity contribution in [3.05, 3.63) is 34.6 Å². The molecule has 0 aliphatic heterocycles. The maximum atomic E-state index is 13.8. The van der Waals surface area contributed by atoms with Crippen molar-refractivity contribution in [1.29, 1.82) is 0 Å². The van der Waals surface area contributed by atoms with Gasteiger partial charge in [0.15, 0.2) is 0 Å². The average Bonchev–Trinajstić information content (AvgIpc) is 2.42. The van der Waals surface area contributed by atoms with Crippen molar-refractivity contribution in [3.8, 4) is 0 Å². The third-order valence-electron chi connectivity index (χ3n) is 3.66. The molecule has 0 radical (unpaired) electrons. The lowest BCUT2D eigenvalue weighted by Crippen LogP contribution is -2.31. The Labute approximate surface area is 127 Å². The molecule has 1 atom stereocenters. The fourth-order valence-corrected chi connectivity index (χ4v) is 2.77. The van der Waals surface area contributed by atoms with Crippen LogP contribution in [0.2, 0.25) is 5.02 Å². The molecular weight excluding hydrogens is 273 g/mol. The van der Waals surface area contributed by atoms with Gasteiger partial charge in [0.05, 0.1) is 0 Å². The zero-order valence-corrected chi connectivity index (χ0v) is 13.5. The highest BCUT2D eigenvalue weighted by Crippen LogP contribution is 2.22. The number of halogens is 2. The van der Waals surface area contributed by atoms with E-state index in [1.54, 1.807) is 12.1 Å². The first kappa shape index (κ1) is 17.5. The number of hydrogen-bond acceptors (Lipinski definition) is 1. The highest BCUT2D eigenvalue weighted by molar-refractivity contribution is 6.31. The molecule has 0 fully saturated rings. The molecule has 0 saturated carbocycles. The molecule has 114 valence electrons. The second-order valence-electron chi connectivity index (χ2n) is 5.36. The van der Waals surface area contributed by atoms with E-state index >= 15 is 0 Å². The minimum Gasteiger partial charge on any atom is -0.314 e. The Morgan fingerprint density at radius 3 is 2.55 bits per heavy atom. The standard InChI is InChI=1S/C17H27ClFN/c1-3-5-6-7-8-10-14(20-4-2)13-15-16(18)11-9-12-17(15)19/h9,11-12,14,20H,3-8,10,13H2,1-2H3. The van der Waals surface area contributed by atoms with E-state index in [1.165, 1.54) is 38.2 Å². The van der Waals surface area contributed by atoms with Gasteiger partial charge >= 0.3 is 0 Å². The first-order valence-corrected chi connectivity index (χ1v) is 8.23. The van der Waals surface area contributed by atoms with Crippen LogP contribution in [0.4, 0.5) is 4.39 Å². The Hall–Kier alpha value is -0.600. The van der Waals surface area contributed by atoms with Crippen LogP contribution >= 0.6 is 11.6 Å². The molecule has 1 rings (SSSR count). The largest absolute Gasteiger partial charge is 0.314 e. The average molecular weight is 300 g/mol. The van der Waals surface area contributed by atoms with Crippen molar-refractivity contribution in [2.45, 2.75) is 64.8 Å². The molecule has 1 nitrogen and oxygen atoms in total. The summed E-state index contributed by atoms with van der Waals surface area (Å²) in [5.41, 5.74) is 0.647. The van der Waals surface area contributed by atoms with Crippen LogP contribution in [-0.4, -0.2) is 12.6 Å². The van der Waals surface area contributed by atoms with Gasteiger partial charge in [-0.05, 0) is 31.5 Å². The molecule has 1 aromatic carbocycles. The second kappa shape index (κ2) is 10.2. The molecule has 1 aromatic rings. The molecule has 0 spiro atoms. The monoisotopic (exact) mass is 299 g/mol. The molecule has 0 aliphatic carbocycles. The lowest BCUT2D eigenvalue weighted by Gasteiger charge is -2.19. The van der Waals surface area contributed by atoms with E-state index in [4.69, 9.17) is 11.6 Å². The summed E-state index contributed by atoms with van der Waals surface area (Å²) in [5, 5.41) is 3.99. The topological polar surface area (TPSA) is 12.0 Å². The summed E-state index contributed by atoms with van der Waals surface area (Å²) in [4.78, 5) is 0. The fourth-order valence-electron chi connectivity index (χ4n) is 2.53. The summed E-state index contributed by atoms with van der Waals surface area (Å²) in [7, 11) is 0. The third-order valence-corrected chi connectivity index (χ3v) is 4.02. The first-order chi connectivity index (χ1) is 9.69. The summed E-state index contributed by atoms with van der Waals surface area (Å²) in [6.45, 7) is 5.22. The Morgan fingerprint density at radius 1 is 1.15 bits per heavy atom. The Kier molecular flexibility index (Phi) is 8.88. The summed E-state index contributed by atoms with van der Waals surface area (Å²) in [6.07, 6.45) is 8.10. The van der Waals surface area contributed by atoms with Gasteiger partial charge in [0.2, 0.25) is 0 Å². The lowest BCUT2D eigenvalue weighted by atomic mass is 9.99. The van der Waals surface area contributed by atoms with Crippen LogP contribution in [0.15, 0.2) is 18.2 Å². The van der Waals surface area contributed by atoms with E-state index < -0.39 is 0 Å². The number of nitrogens with one attached hydrogen (secondary N) is 1. The van der Waals surface area contributed by atoms with Crippen LogP contribution in [0.5, 0.6) is 0 Å². The smallest absolute Gasteiger partial charge is 0.127 e. The van der Waals surface area contributed by atoms with E-state index in [-0.39, 0.29) is 5.82 Å². The molecule has 0 bridgehead atoms. The van der Waals surface area contributed by atoms with Crippen molar-refractivity contribution >= 4 is 11.6 Å². The van der Waals surface area contributed by atoms with E-state index in [2.05, 4.69) is 19.2 Å². The minimum atomic E-state index is -0.189. The van der Waals surface area contributed by atoms with Crippen molar-refractivity contribution in [2.75, 3.05) is 6.54 Å². The van der Waals surface area contributed by atoms with Gasteiger partial charge in [-0.2, -0.15) is 0 Å². The van der Waals surface area contributed by atoms with Crippen LogP contribution in [0.1, 0.15) is 57.9 Å². The second-order valence-corrected chi connectivity index (χ2v) is 5.77. The van der Waals surface area contributed by atoms with Gasteiger partial charge in [0.25, 0.3) is 0 Å². The van der Waals surface area contributed by atoms with E-state index in [1.807, 2.05) is 0 Å². The number of likely N-dealkylation sites (N-methyl/N-ethyl adjacent to an activating group) is 1. The highest BCUT2D eigenvalue weighted by Gasteiger charge is 2.14. The van der Waals surface area contributed by atoms with Crippen LogP contribution in [0, 0.1) is 5.82 Å². The Balaban J connectivity index is 2.49. The Bertz CT molecular complexity index is 361. The third kappa shape index (κ3) is 6.23. The summed E-state index contributed by atoms with van der Waals surface area (Å²) in [6, 6.07) is 5.24. The van der Waals surface area contributed by atoms with Crippen molar-refractivity contribution < 1.29 is 4.39 Å². The minimum absolute atomic E-state index is 0.189. The lowest BCUT2D eigenvalue weighted by molar-refractivity contribution is 0.454. The SMILES string of the molecule is CCCCCCCC(Cc1c(F)cccc1Cl)NCC. The number of rotatable bonds is 10. The molecule has 3 heteroatoms.